The Morgan fingerprint density at radius 2 is 2.20 bits per heavy atom. The molecular weight excluding hydrogens is 208 g/mol. The predicted molar refractivity (Wildman–Crippen MR) is 60.9 cm³/mol. The quantitative estimate of drug-likeness (QED) is 0.727. The van der Waals surface area contributed by atoms with Gasteiger partial charge in [0.25, 0.3) is 0 Å². The van der Waals surface area contributed by atoms with Gasteiger partial charge in [0.1, 0.15) is 6.07 Å². The number of nitrogens with zero attached hydrogens (tertiary/aromatic N) is 2. The van der Waals surface area contributed by atoms with Crippen molar-refractivity contribution in [2.75, 3.05) is 11.4 Å². The second-order valence-electron chi connectivity index (χ2n) is 3.49. The zero-order valence-corrected chi connectivity index (χ0v) is 8.95. The Morgan fingerprint density at radius 3 is 2.80 bits per heavy atom. The van der Waals surface area contributed by atoms with E-state index in [2.05, 4.69) is 18.7 Å². The zero-order chi connectivity index (χ0) is 10.8. The molecule has 15 heavy (non-hydrogen) atoms. The van der Waals surface area contributed by atoms with Gasteiger partial charge in [-0.3, -0.25) is 4.79 Å². The van der Waals surface area contributed by atoms with Crippen LogP contribution in [-0.2, 0) is 4.79 Å². The van der Waals surface area contributed by atoms with Crippen LogP contribution in [0, 0.1) is 11.3 Å². The van der Waals surface area contributed by atoms with E-state index in [9.17, 15) is 4.79 Å². The van der Waals surface area contributed by atoms with E-state index >= 15 is 0 Å². The highest BCUT2D eigenvalue weighted by molar-refractivity contribution is 7.81. The molecule has 1 heterocycles. The van der Waals surface area contributed by atoms with Crippen LogP contribution in [-0.4, -0.2) is 17.7 Å². The summed E-state index contributed by atoms with van der Waals surface area (Å²) in [7, 11) is 0. The fourth-order valence-electron chi connectivity index (χ4n) is 1.73. The topological polar surface area (TPSA) is 44.1 Å². The van der Waals surface area contributed by atoms with Gasteiger partial charge >= 0.3 is 0 Å². The number of carbonyl (C=O) groups excluding carboxylic acids is 1. The van der Waals surface area contributed by atoms with Gasteiger partial charge in [0.05, 0.1) is 11.3 Å². The lowest BCUT2D eigenvalue weighted by molar-refractivity contribution is -0.117. The average Bonchev–Trinajstić information content (AvgIpc) is 2.57. The molecule has 1 aromatic carbocycles. The van der Waals surface area contributed by atoms with Gasteiger partial charge in [-0.2, -0.15) is 17.9 Å². The number of thiol groups is 1. The smallest absolute Gasteiger partial charge is 0.228 e. The maximum atomic E-state index is 11.6. The summed E-state index contributed by atoms with van der Waals surface area (Å²) < 4.78 is 0. The first-order chi connectivity index (χ1) is 7.22. The minimum atomic E-state index is 0.0395. The molecule has 0 N–H and O–H groups in total. The summed E-state index contributed by atoms with van der Waals surface area (Å²) in [6, 6.07) is 9.22. The monoisotopic (exact) mass is 218 g/mol. The third kappa shape index (κ3) is 1.83. The molecule has 1 fully saturated rings. The van der Waals surface area contributed by atoms with Crippen LogP contribution in [0.4, 0.5) is 5.69 Å². The lowest BCUT2D eigenvalue weighted by atomic mass is 10.2. The average molecular weight is 218 g/mol. The summed E-state index contributed by atoms with van der Waals surface area (Å²) >= 11 is 4.28. The van der Waals surface area contributed by atoms with Gasteiger partial charge in [-0.05, 0) is 12.1 Å². The van der Waals surface area contributed by atoms with Crippen molar-refractivity contribution in [3.05, 3.63) is 29.8 Å². The van der Waals surface area contributed by atoms with E-state index in [0.29, 0.717) is 24.2 Å². The third-order valence-corrected chi connectivity index (χ3v) is 2.77. The van der Waals surface area contributed by atoms with Gasteiger partial charge in [0.2, 0.25) is 5.91 Å². The van der Waals surface area contributed by atoms with Crippen molar-refractivity contribution in [1.82, 2.24) is 0 Å². The molecule has 0 bridgehead atoms. The molecular formula is C11H10N2OS. The second kappa shape index (κ2) is 3.95. The zero-order valence-electron chi connectivity index (χ0n) is 8.05. The Kier molecular flexibility index (Phi) is 2.65. The second-order valence-corrected chi connectivity index (χ2v) is 4.22. The fourth-order valence-corrected chi connectivity index (χ4v) is 2.04. The van der Waals surface area contributed by atoms with Crippen LogP contribution in [0.5, 0.6) is 0 Å². The number of nitriles is 1. The standard InChI is InChI=1S/C11H10N2OS/c12-6-8-3-1-2-4-10(8)13-7-9(15)5-11(13)14/h1-4,9,15H,5,7H2. The summed E-state index contributed by atoms with van der Waals surface area (Å²) in [6.45, 7) is 0.584. The number of hydrogen-bond acceptors (Lipinski definition) is 3. The van der Waals surface area contributed by atoms with Crippen LogP contribution in [0.3, 0.4) is 0 Å². The molecule has 0 spiro atoms. The molecule has 76 valence electrons. The van der Waals surface area contributed by atoms with Crippen molar-refractivity contribution >= 4 is 24.2 Å². The summed E-state index contributed by atoms with van der Waals surface area (Å²) in [5, 5.41) is 9.00. The summed E-state index contributed by atoms with van der Waals surface area (Å²) in [5.74, 6) is 0.0395. The molecule has 1 unspecified atom stereocenters. The summed E-state index contributed by atoms with van der Waals surface area (Å²) in [4.78, 5) is 13.3. The third-order valence-electron chi connectivity index (χ3n) is 2.42. The van der Waals surface area contributed by atoms with Crippen molar-refractivity contribution in [3.8, 4) is 6.07 Å². The van der Waals surface area contributed by atoms with Crippen LogP contribution in [0.2, 0.25) is 0 Å². The normalized spacial score (nSPS) is 20.4. The molecule has 1 saturated heterocycles. The highest BCUT2D eigenvalue weighted by Gasteiger charge is 2.29. The van der Waals surface area contributed by atoms with Gasteiger partial charge in [-0.15, -0.1) is 0 Å². The lowest BCUT2D eigenvalue weighted by Gasteiger charge is -2.16. The maximum Gasteiger partial charge on any atom is 0.228 e. The molecule has 4 heteroatoms. The molecule has 0 aliphatic carbocycles. The highest BCUT2D eigenvalue weighted by Crippen LogP contribution is 2.26. The Labute approximate surface area is 93.7 Å². The van der Waals surface area contributed by atoms with Crippen molar-refractivity contribution < 1.29 is 4.79 Å². The van der Waals surface area contributed by atoms with Crippen molar-refractivity contribution in [2.45, 2.75) is 11.7 Å². The Hall–Kier alpha value is -1.47. The molecule has 1 aromatic rings. The lowest BCUT2D eigenvalue weighted by Crippen LogP contribution is -2.25. The van der Waals surface area contributed by atoms with Crippen molar-refractivity contribution in [3.63, 3.8) is 0 Å². The molecule has 0 aromatic heterocycles. The van der Waals surface area contributed by atoms with Crippen LogP contribution < -0.4 is 4.90 Å². The molecule has 1 aliphatic rings. The molecule has 1 atom stereocenters. The van der Waals surface area contributed by atoms with E-state index in [4.69, 9.17) is 5.26 Å². The van der Waals surface area contributed by atoms with Gasteiger partial charge in [-0.1, -0.05) is 12.1 Å². The van der Waals surface area contributed by atoms with Crippen molar-refractivity contribution in [2.24, 2.45) is 0 Å². The first kappa shape index (κ1) is 10.1. The minimum absolute atomic E-state index is 0.0395. The molecule has 1 amide bonds. The van der Waals surface area contributed by atoms with E-state index in [1.54, 1.807) is 23.1 Å². The van der Waals surface area contributed by atoms with E-state index in [1.165, 1.54) is 0 Å². The van der Waals surface area contributed by atoms with Gasteiger partial charge in [0.15, 0.2) is 0 Å². The van der Waals surface area contributed by atoms with Crippen molar-refractivity contribution in [1.29, 1.82) is 5.26 Å². The van der Waals surface area contributed by atoms with E-state index in [1.807, 2.05) is 6.07 Å². The van der Waals surface area contributed by atoms with Crippen LogP contribution in [0.1, 0.15) is 12.0 Å². The van der Waals surface area contributed by atoms with E-state index < -0.39 is 0 Å². The molecule has 2 rings (SSSR count). The highest BCUT2D eigenvalue weighted by atomic mass is 32.1. The first-order valence-corrected chi connectivity index (χ1v) is 5.21. The Morgan fingerprint density at radius 1 is 1.47 bits per heavy atom. The fraction of sp³-hybridized carbons (Fsp3) is 0.273. The van der Waals surface area contributed by atoms with E-state index in [-0.39, 0.29) is 11.2 Å². The predicted octanol–water partition coefficient (Wildman–Crippen LogP) is 1.59. The number of anilines is 1. The number of amides is 1. The largest absolute Gasteiger partial charge is 0.310 e. The van der Waals surface area contributed by atoms with Gasteiger partial charge < -0.3 is 4.90 Å². The van der Waals surface area contributed by atoms with Crippen LogP contribution in [0.15, 0.2) is 24.3 Å². The van der Waals surface area contributed by atoms with Gasteiger partial charge in [0, 0.05) is 18.2 Å². The molecule has 1 aliphatic heterocycles. The number of rotatable bonds is 1. The number of carbonyl (C=O) groups is 1. The van der Waals surface area contributed by atoms with Gasteiger partial charge in [-0.25, -0.2) is 0 Å². The minimum Gasteiger partial charge on any atom is -0.310 e. The van der Waals surface area contributed by atoms with E-state index in [0.717, 1.165) is 0 Å². The SMILES string of the molecule is N#Cc1ccccc1N1CC(S)CC1=O. The number of hydrogen-bond donors (Lipinski definition) is 1. The maximum absolute atomic E-state index is 11.6. The molecule has 3 nitrogen and oxygen atoms in total. The van der Waals surface area contributed by atoms with Crippen LogP contribution >= 0.6 is 12.6 Å². The molecule has 0 saturated carbocycles. The first-order valence-electron chi connectivity index (χ1n) is 4.70. The summed E-state index contributed by atoms with van der Waals surface area (Å²) in [6.07, 6.45) is 0.447. The Bertz CT molecular complexity index is 438. The molecule has 0 radical (unpaired) electrons. The summed E-state index contributed by atoms with van der Waals surface area (Å²) in [5.41, 5.74) is 1.23. The number of para-hydroxylation sites is 1. The Balaban J connectivity index is 2.38. The number of benzene rings is 1. The van der Waals surface area contributed by atoms with Crippen LogP contribution in [0.25, 0.3) is 0 Å².